The van der Waals surface area contributed by atoms with Crippen molar-refractivity contribution in [1.82, 2.24) is 15.6 Å². The zero-order valence-corrected chi connectivity index (χ0v) is 16.5. The Morgan fingerprint density at radius 1 is 1.35 bits per heavy atom. The fraction of sp³-hybridized carbons (Fsp3) is 0.474. The fourth-order valence-electron chi connectivity index (χ4n) is 3.72. The topological polar surface area (TPSA) is 58.5 Å². The summed E-state index contributed by atoms with van der Waals surface area (Å²) in [5.74, 6) is 0.812. The minimum atomic E-state index is 0.331. The van der Waals surface area contributed by atoms with E-state index >= 15 is 0 Å². The van der Waals surface area contributed by atoms with Crippen molar-refractivity contribution in [1.29, 1.82) is 0 Å². The van der Waals surface area contributed by atoms with Crippen LogP contribution in [0.15, 0.2) is 29.3 Å². The molecule has 5 nitrogen and oxygen atoms in total. The molecule has 2 aliphatic heterocycles. The summed E-state index contributed by atoms with van der Waals surface area (Å²) in [5.41, 5.74) is 2.11. The van der Waals surface area contributed by atoms with E-state index in [1.54, 1.807) is 18.4 Å². The van der Waals surface area contributed by atoms with Crippen molar-refractivity contribution in [3.8, 4) is 11.3 Å². The highest BCUT2D eigenvalue weighted by Crippen LogP contribution is 2.34. The lowest BCUT2D eigenvalue weighted by Gasteiger charge is -2.22. The predicted octanol–water partition coefficient (Wildman–Crippen LogP) is 3.76. The maximum Gasteiger partial charge on any atom is 0.191 e. The lowest BCUT2D eigenvalue weighted by Crippen LogP contribution is -2.47. The molecule has 26 heavy (non-hydrogen) atoms. The van der Waals surface area contributed by atoms with Crippen LogP contribution in [-0.4, -0.2) is 36.2 Å². The average Bonchev–Trinajstić information content (AvgIpc) is 3.35. The van der Waals surface area contributed by atoms with Crippen molar-refractivity contribution < 1.29 is 4.74 Å². The Labute approximate surface area is 162 Å². The first-order valence-corrected chi connectivity index (χ1v) is 10.2. The number of hydrogen-bond donors (Lipinski definition) is 2. The maximum atomic E-state index is 5.98. The standard InChI is InChI=1S/C19H23ClN4OS/c1-11-18(12-3-5-13(20)6-4-12)24-17(26-11)10-22-19(21-2)23-15-9-14-7-8-16(15)25-14/h3-6,14-16H,7-10H2,1-2H3,(H2,21,22,23). The van der Waals surface area contributed by atoms with Crippen LogP contribution in [0.1, 0.15) is 29.1 Å². The second-order valence-corrected chi connectivity index (χ2v) is 8.53. The number of aliphatic imine (C=N–C) groups is 1. The summed E-state index contributed by atoms with van der Waals surface area (Å²) in [7, 11) is 1.80. The molecule has 2 fully saturated rings. The van der Waals surface area contributed by atoms with Gasteiger partial charge in [-0.15, -0.1) is 11.3 Å². The summed E-state index contributed by atoms with van der Waals surface area (Å²) in [6, 6.07) is 8.18. The third-order valence-corrected chi connectivity index (χ3v) is 6.24. The Kier molecular flexibility index (Phi) is 5.16. The number of rotatable bonds is 4. The Bertz CT molecular complexity index is 804. The van der Waals surface area contributed by atoms with Crippen LogP contribution in [0.25, 0.3) is 11.3 Å². The van der Waals surface area contributed by atoms with E-state index in [0.717, 1.165) is 40.1 Å². The molecule has 2 aliphatic rings. The van der Waals surface area contributed by atoms with E-state index in [4.69, 9.17) is 21.3 Å². The maximum absolute atomic E-state index is 5.98. The molecule has 2 bridgehead atoms. The van der Waals surface area contributed by atoms with Crippen molar-refractivity contribution in [2.24, 2.45) is 4.99 Å². The second kappa shape index (κ2) is 7.55. The van der Waals surface area contributed by atoms with E-state index in [9.17, 15) is 0 Å². The van der Waals surface area contributed by atoms with Crippen LogP contribution in [0.3, 0.4) is 0 Å². The number of hydrogen-bond acceptors (Lipinski definition) is 4. The highest BCUT2D eigenvalue weighted by atomic mass is 35.5. The largest absolute Gasteiger partial charge is 0.373 e. The van der Waals surface area contributed by atoms with Gasteiger partial charge in [-0.3, -0.25) is 4.99 Å². The summed E-state index contributed by atoms with van der Waals surface area (Å²) >= 11 is 7.69. The van der Waals surface area contributed by atoms with E-state index in [1.807, 2.05) is 24.3 Å². The van der Waals surface area contributed by atoms with Crippen LogP contribution < -0.4 is 10.6 Å². The molecule has 2 aromatic rings. The number of ether oxygens (including phenoxy) is 1. The van der Waals surface area contributed by atoms with Crippen LogP contribution in [0, 0.1) is 6.92 Å². The van der Waals surface area contributed by atoms with Gasteiger partial charge in [0.15, 0.2) is 5.96 Å². The summed E-state index contributed by atoms with van der Waals surface area (Å²) in [5, 5.41) is 8.67. The molecule has 0 aliphatic carbocycles. The summed E-state index contributed by atoms with van der Waals surface area (Å²) in [6.45, 7) is 2.76. The van der Waals surface area contributed by atoms with Gasteiger partial charge in [0.1, 0.15) is 5.01 Å². The Morgan fingerprint density at radius 3 is 2.81 bits per heavy atom. The Morgan fingerprint density at radius 2 is 2.15 bits per heavy atom. The van der Waals surface area contributed by atoms with Crippen molar-refractivity contribution in [3.63, 3.8) is 0 Å². The van der Waals surface area contributed by atoms with Crippen molar-refractivity contribution in [2.75, 3.05) is 7.05 Å². The summed E-state index contributed by atoms with van der Waals surface area (Å²) < 4.78 is 5.90. The van der Waals surface area contributed by atoms with E-state index in [2.05, 4.69) is 22.5 Å². The molecule has 7 heteroatoms. The monoisotopic (exact) mass is 390 g/mol. The van der Waals surface area contributed by atoms with Crippen molar-refractivity contribution in [2.45, 2.75) is 51.0 Å². The third kappa shape index (κ3) is 3.72. The normalized spacial score (nSPS) is 24.9. The van der Waals surface area contributed by atoms with Crippen molar-refractivity contribution in [3.05, 3.63) is 39.2 Å². The summed E-state index contributed by atoms with van der Waals surface area (Å²) in [6.07, 6.45) is 4.18. The van der Waals surface area contributed by atoms with E-state index in [1.165, 1.54) is 11.3 Å². The highest BCUT2D eigenvalue weighted by Gasteiger charge is 2.41. The Balaban J connectivity index is 1.38. The van der Waals surface area contributed by atoms with E-state index in [-0.39, 0.29) is 0 Å². The second-order valence-electron chi connectivity index (χ2n) is 6.81. The fourth-order valence-corrected chi connectivity index (χ4v) is 4.74. The minimum absolute atomic E-state index is 0.331. The molecule has 3 unspecified atom stereocenters. The number of aryl methyl sites for hydroxylation is 1. The minimum Gasteiger partial charge on any atom is -0.373 e. The molecule has 3 atom stereocenters. The Hall–Kier alpha value is -1.63. The zero-order chi connectivity index (χ0) is 18.1. The van der Waals surface area contributed by atoms with Gasteiger partial charge in [0, 0.05) is 22.5 Å². The average molecular weight is 391 g/mol. The van der Waals surface area contributed by atoms with Gasteiger partial charge >= 0.3 is 0 Å². The number of aromatic nitrogens is 1. The number of nitrogens with zero attached hydrogens (tertiary/aromatic N) is 2. The molecule has 138 valence electrons. The van der Waals surface area contributed by atoms with Crippen LogP contribution in [-0.2, 0) is 11.3 Å². The molecule has 0 radical (unpaired) electrons. The van der Waals surface area contributed by atoms with Gasteiger partial charge in [-0.2, -0.15) is 0 Å². The number of thiazole rings is 1. The van der Waals surface area contributed by atoms with Crippen LogP contribution >= 0.6 is 22.9 Å². The molecule has 0 spiro atoms. The van der Waals surface area contributed by atoms with E-state index in [0.29, 0.717) is 24.8 Å². The molecule has 1 aromatic carbocycles. The summed E-state index contributed by atoms with van der Waals surface area (Å²) in [4.78, 5) is 10.3. The molecule has 1 aromatic heterocycles. The molecule has 4 rings (SSSR count). The lowest BCUT2D eigenvalue weighted by atomic mass is 9.96. The number of fused-ring (bicyclic) bond motifs is 2. The first kappa shape index (κ1) is 17.8. The molecular formula is C19H23ClN4OS. The molecule has 3 heterocycles. The number of halogens is 1. The van der Waals surface area contributed by atoms with Gasteiger partial charge in [-0.25, -0.2) is 4.98 Å². The third-order valence-electron chi connectivity index (χ3n) is 5.02. The van der Waals surface area contributed by atoms with Crippen molar-refractivity contribution >= 4 is 28.9 Å². The van der Waals surface area contributed by atoms with Crippen LogP contribution in [0.5, 0.6) is 0 Å². The first-order chi connectivity index (χ1) is 12.6. The van der Waals surface area contributed by atoms with Gasteiger partial charge in [-0.05, 0) is 38.3 Å². The number of nitrogens with one attached hydrogen (secondary N) is 2. The lowest BCUT2D eigenvalue weighted by molar-refractivity contribution is 0.0992. The quantitative estimate of drug-likeness (QED) is 0.616. The van der Waals surface area contributed by atoms with Gasteiger partial charge in [-0.1, -0.05) is 23.7 Å². The number of benzene rings is 1. The molecular weight excluding hydrogens is 368 g/mol. The van der Waals surface area contributed by atoms with Gasteiger partial charge in [0.25, 0.3) is 0 Å². The molecule has 2 saturated heterocycles. The smallest absolute Gasteiger partial charge is 0.191 e. The van der Waals surface area contributed by atoms with Gasteiger partial charge in [0.05, 0.1) is 30.5 Å². The van der Waals surface area contributed by atoms with E-state index < -0.39 is 0 Å². The molecule has 0 saturated carbocycles. The zero-order valence-electron chi connectivity index (χ0n) is 15.0. The SMILES string of the molecule is CN=C(NCc1nc(-c2ccc(Cl)cc2)c(C)s1)NC1CC2CCC1O2. The predicted molar refractivity (Wildman–Crippen MR) is 107 cm³/mol. The first-order valence-electron chi connectivity index (χ1n) is 8.97. The van der Waals surface area contributed by atoms with Gasteiger partial charge < -0.3 is 15.4 Å². The van der Waals surface area contributed by atoms with Crippen LogP contribution in [0.4, 0.5) is 0 Å². The van der Waals surface area contributed by atoms with Crippen LogP contribution in [0.2, 0.25) is 5.02 Å². The molecule has 2 N–H and O–H groups in total. The highest BCUT2D eigenvalue weighted by molar-refractivity contribution is 7.12. The number of guanidine groups is 1. The molecule has 0 amide bonds. The van der Waals surface area contributed by atoms with Gasteiger partial charge in [0.2, 0.25) is 0 Å².